The SMILES string of the molecule is Cl.N[C@@H]1CCCN(S(=O)(=O)c2cc(Cl)cc(Cl)c2)C1. The van der Waals surface area contributed by atoms with Crippen molar-refractivity contribution in [2.24, 2.45) is 5.73 Å². The Morgan fingerprint density at radius 3 is 2.32 bits per heavy atom. The van der Waals surface area contributed by atoms with Gasteiger partial charge in [0.2, 0.25) is 10.0 Å². The van der Waals surface area contributed by atoms with Crippen molar-refractivity contribution in [3.05, 3.63) is 28.2 Å². The number of sulfonamides is 1. The minimum atomic E-state index is -3.56. The molecule has 4 nitrogen and oxygen atoms in total. The van der Waals surface area contributed by atoms with Crippen LogP contribution in [0.1, 0.15) is 12.8 Å². The number of hydrogen-bond acceptors (Lipinski definition) is 3. The van der Waals surface area contributed by atoms with Crippen LogP contribution in [0.4, 0.5) is 0 Å². The summed E-state index contributed by atoms with van der Waals surface area (Å²) >= 11 is 11.7. The van der Waals surface area contributed by atoms with E-state index in [1.807, 2.05) is 0 Å². The topological polar surface area (TPSA) is 63.4 Å². The van der Waals surface area contributed by atoms with Crippen LogP contribution in [0.15, 0.2) is 23.1 Å². The van der Waals surface area contributed by atoms with Gasteiger partial charge < -0.3 is 5.73 Å². The number of piperidine rings is 1. The molecule has 8 heteroatoms. The van der Waals surface area contributed by atoms with Crippen molar-refractivity contribution in [3.63, 3.8) is 0 Å². The summed E-state index contributed by atoms with van der Waals surface area (Å²) in [5.41, 5.74) is 5.80. The highest BCUT2D eigenvalue weighted by Crippen LogP contribution is 2.26. The van der Waals surface area contributed by atoms with Gasteiger partial charge in [-0.2, -0.15) is 4.31 Å². The van der Waals surface area contributed by atoms with E-state index in [9.17, 15) is 8.42 Å². The second-order valence-corrected chi connectivity index (χ2v) is 7.18. The van der Waals surface area contributed by atoms with E-state index in [1.54, 1.807) is 0 Å². The van der Waals surface area contributed by atoms with Crippen LogP contribution in [-0.4, -0.2) is 31.9 Å². The van der Waals surface area contributed by atoms with Crippen LogP contribution in [-0.2, 0) is 10.0 Å². The third-order valence-corrected chi connectivity index (χ3v) is 5.17. The number of nitrogens with two attached hydrogens (primary N) is 1. The van der Waals surface area contributed by atoms with Crippen LogP contribution in [0.5, 0.6) is 0 Å². The second kappa shape index (κ2) is 6.61. The standard InChI is InChI=1S/C11H14Cl2N2O2S.ClH/c12-8-4-9(13)6-11(5-8)18(16,17)15-3-1-2-10(14)7-15;/h4-6,10H,1-3,7,14H2;1H/t10-;/m1./s1. The molecule has 0 bridgehead atoms. The van der Waals surface area contributed by atoms with Gasteiger partial charge in [-0.3, -0.25) is 0 Å². The Morgan fingerprint density at radius 2 is 1.79 bits per heavy atom. The van der Waals surface area contributed by atoms with Crippen molar-refractivity contribution in [2.75, 3.05) is 13.1 Å². The molecule has 108 valence electrons. The van der Waals surface area contributed by atoms with Gasteiger partial charge in [0, 0.05) is 29.2 Å². The Hall–Kier alpha value is -0.0400. The predicted molar refractivity (Wildman–Crippen MR) is 79.7 cm³/mol. The molecule has 19 heavy (non-hydrogen) atoms. The zero-order chi connectivity index (χ0) is 13.3. The van der Waals surface area contributed by atoms with E-state index in [0.29, 0.717) is 23.1 Å². The summed E-state index contributed by atoms with van der Waals surface area (Å²) in [7, 11) is -3.56. The quantitative estimate of drug-likeness (QED) is 0.896. The maximum atomic E-state index is 12.4. The van der Waals surface area contributed by atoms with Gasteiger partial charge in [-0.15, -0.1) is 12.4 Å². The normalized spacial score (nSPS) is 20.9. The van der Waals surface area contributed by atoms with Gasteiger partial charge in [-0.05, 0) is 31.0 Å². The first kappa shape index (κ1) is 17.0. The van der Waals surface area contributed by atoms with Crippen LogP contribution in [0.3, 0.4) is 0 Å². The zero-order valence-electron chi connectivity index (χ0n) is 10.1. The smallest absolute Gasteiger partial charge is 0.243 e. The second-order valence-electron chi connectivity index (χ2n) is 4.37. The van der Waals surface area contributed by atoms with Crippen LogP contribution < -0.4 is 5.73 Å². The van der Waals surface area contributed by atoms with E-state index in [-0.39, 0.29) is 23.3 Å². The molecule has 0 aromatic heterocycles. The number of hydrogen-bond donors (Lipinski definition) is 1. The number of nitrogens with zero attached hydrogens (tertiary/aromatic N) is 1. The molecule has 1 saturated heterocycles. The monoisotopic (exact) mass is 344 g/mol. The summed E-state index contributed by atoms with van der Waals surface area (Å²) in [6.45, 7) is 0.826. The Labute approximate surface area is 129 Å². The maximum Gasteiger partial charge on any atom is 0.243 e. The van der Waals surface area contributed by atoms with Crippen molar-refractivity contribution in [1.29, 1.82) is 0 Å². The van der Waals surface area contributed by atoms with E-state index in [0.717, 1.165) is 12.8 Å². The summed E-state index contributed by atoms with van der Waals surface area (Å²) < 4.78 is 26.2. The summed E-state index contributed by atoms with van der Waals surface area (Å²) in [4.78, 5) is 0.120. The van der Waals surface area contributed by atoms with Crippen LogP contribution in [0.2, 0.25) is 10.0 Å². The van der Waals surface area contributed by atoms with E-state index >= 15 is 0 Å². The molecule has 1 aliphatic rings. The summed E-state index contributed by atoms with van der Waals surface area (Å²) in [6.07, 6.45) is 1.62. The van der Waals surface area contributed by atoms with Gasteiger partial charge in [0.1, 0.15) is 0 Å². The lowest BCUT2D eigenvalue weighted by molar-refractivity contribution is 0.316. The molecule has 0 unspecified atom stereocenters. The van der Waals surface area contributed by atoms with Crippen molar-refractivity contribution in [2.45, 2.75) is 23.8 Å². The molecule has 1 fully saturated rings. The highest BCUT2D eigenvalue weighted by Gasteiger charge is 2.29. The molecule has 1 aromatic rings. The molecule has 2 rings (SSSR count). The Bertz CT molecular complexity index is 531. The van der Waals surface area contributed by atoms with Gasteiger partial charge in [-0.25, -0.2) is 8.42 Å². The van der Waals surface area contributed by atoms with E-state index in [4.69, 9.17) is 28.9 Å². The van der Waals surface area contributed by atoms with E-state index < -0.39 is 10.0 Å². The average molecular weight is 346 g/mol. The molecule has 0 spiro atoms. The predicted octanol–water partition coefficient (Wildman–Crippen LogP) is 2.53. The largest absolute Gasteiger partial charge is 0.327 e. The summed E-state index contributed by atoms with van der Waals surface area (Å²) in [5.74, 6) is 0. The van der Waals surface area contributed by atoms with Crippen molar-refractivity contribution >= 4 is 45.6 Å². The highest BCUT2D eigenvalue weighted by atomic mass is 35.5. The van der Waals surface area contributed by atoms with Crippen LogP contribution >= 0.6 is 35.6 Å². The first-order valence-electron chi connectivity index (χ1n) is 5.61. The summed E-state index contributed by atoms with van der Waals surface area (Å²) in [6, 6.07) is 4.21. The van der Waals surface area contributed by atoms with Gasteiger partial charge in [0.05, 0.1) is 4.90 Å². The Kier molecular flexibility index (Phi) is 5.92. The number of halogens is 3. The minimum absolute atomic E-state index is 0. The molecule has 1 atom stereocenters. The van der Waals surface area contributed by atoms with Gasteiger partial charge in [0.25, 0.3) is 0 Å². The Balaban J connectivity index is 0.00000180. The lowest BCUT2D eigenvalue weighted by atomic mass is 10.1. The minimum Gasteiger partial charge on any atom is -0.327 e. The molecule has 0 radical (unpaired) electrons. The molecular formula is C11H15Cl3N2O2S. The van der Waals surface area contributed by atoms with Crippen molar-refractivity contribution < 1.29 is 8.42 Å². The highest BCUT2D eigenvalue weighted by molar-refractivity contribution is 7.89. The molecular weight excluding hydrogens is 331 g/mol. The first-order valence-corrected chi connectivity index (χ1v) is 7.81. The van der Waals surface area contributed by atoms with Crippen molar-refractivity contribution in [3.8, 4) is 0 Å². The maximum absolute atomic E-state index is 12.4. The third-order valence-electron chi connectivity index (χ3n) is 2.89. The lowest BCUT2D eigenvalue weighted by Crippen LogP contribution is -2.45. The number of rotatable bonds is 2. The molecule has 2 N–H and O–H groups in total. The molecule has 0 aliphatic carbocycles. The van der Waals surface area contributed by atoms with Gasteiger partial charge >= 0.3 is 0 Å². The van der Waals surface area contributed by atoms with Crippen LogP contribution in [0, 0.1) is 0 Å². The summed E-state index contributed by atoms with van der Waals surface area (Å²) in [5, 5.41) is 0.616. The van der Waals surface area contributed by atoms with E-state index in [1.165, 1.54) is 22.5 Å². The van der Waals surface area contributed by atoms with Gasteiger partial charge in [0.15, 0.2) is 0 Å². The fourth-order valence-electron chi connectivity index (χ4n) is 2.02. The molecule has 1 heterocycles. The first-order chi connectivity index (χ1) is 8.39. The van der Waals surface area contributed by atoms with Crippen LogP contribution in [0.25, 0.3) is 0 Å². The average Bonchev–Trinajstić information content (AvgIpc) is 2.27. The number of benzene rings is 1. The van der Waals surface area contributed by atoms with Crippen molar-refractivity contribution in [1.82, 2.24) is 4.31 Å². The molecule has 0 saturated carbocycles. The molecule has 1 aliphatic heterocycles. The molecule has 0 amide bonds. The van der Waals surface area contributed by atoms with E-state index in [2.05, 4.69) is 0 Å². The fraction of sp³-hybridized carbons (Fsp3) is 0.455. The Morgan fingerprint density at radius 1 is 1.21 bits per heavy atom. The lowest BCUT2D eigenvalue weighted by Gasteiger charge is -2.29. The molecule has 1 aromatic carbocycles. The zero-order valence-corrected chi connectivity index (χ0v) is 13.2. The van der Waals surface area contributed by atoms with Gasteiger partial charge in [-0.1, -0.05) is 23.2 Å². The third kappa shape index (κ3) is 3.97. The fourth-order valence-corrected chi connectivity index (χ4v) is 4.28.